The largest absolute Gasteiger partial charge is 0.330 e. The molecule has 20 heavy (non-hydrogen) atoms. The zero-order valence-corrected chi connectivity index (χ0v) is 13.9. The molecule has 0 atom stereocenters. The van der Waals surface area contributed by atoms with Crippen molar-refractivity contribution in [2.45, 2.75) is 6.42 Å². The molecule has 3 nitrogen and oxygen atoms in total. The van der Waals surface area contributed by atoms with Crippen molar-refractivity contribution in [2.24, 2.45) is 5.73 Å². The second-order valence-electron chi connectivity index (χ2n) is 4.27. The molecule has 0 aliphatic rings. The van der Waals surface area contributed by atoms with Crippen LogP contribution in [0.5, 0.6) is 0 Å². The lowest BCUT2D eigenvalue weighted by atomic mass is 10.0. The van der Waals surface area contributed by atoms with Gasteiger partial charge < -0.3 is 11.1 Å². The number of carbonyl (C=O) groups excluding carboxylic acids is 1. The first kappa shape index (κ1) is 15.2. The maximum Gasteiger partial charge on any atom is 0.255 e. The molecule has 0 spiro atoms. The number of anilines is 1. The lowest BCUT2D eigenvalue weighted by Crippen LogP contribution is -2.16. The van der Waals surface area contributed by atoms with E-state index in [1.165, 1.54) is 0 Å². The van der Waals surface area contributed by atoms with Crippen LogP contribution in [0.25, 0.3) is 0 Å². The molecule has 2 aromatic carbocycles. The van der Waals surface area contributed by atoms with Crippen LogP contribution in [-0.2, 0) is 6.42 Å². The van der Waals surface area contributed by atoms with Gasteiger partial charge in [-0.15, -0.1) is 0 Å². The number of benzene rings is 2. The molecule has 0 heterocycles. The van der Waals surface area contributed by atoms with Crippen molar-refractivity contribution in [1.82, 2.24) is 0 Å². The Bertz CT molecular complexity index is 629. The van der Waals surface area contributed by atoms with E-state index in [9.17, 15) is 4.79 Å². The van der Waals surface area contributed by atoms with E-state index >= 15 is 0 Å². The normalized spacial score (nSPS) is 10.3. The molecule has 0 bridgehead atoms. The van der Waals surface area contributed by atoms with Crippen LogP contribution in [0.3, 0.4) is 0 Å². The first-order chi connectivity index (χ1) is 9.61. The second-order valence-corrected chi connectivity index (χ2v) is 6.04. The summed E-state index contributed by atoms with van der Waals surface area (Å²) in [5.41, 5.74) is 7.93. The number of carbonyl (C=O) groups is 1. The van der Waals surface area contributed by atoms with Crippen LogP contribution in [0.2, 0.25) is 0 Å². The predicted octanol–water partition coefficient (Wildman–Crippen LogP) is 3.97. The monoisotopic (exact) mass is 396 g/mol. The van der Waals surface area contributed by atoms with Gasteiger partial charge in [-0.1, -0.05) is 34.1 Å². The Morgan fingerprint density at radius 2 is 1.90 bits per heavy atom. The molecule has 3 N–H and O–H groups in total. The molecular weight excluding hydrogens is 384 g/mol. The maximum absolute atomic E-state index is 12.4. The van der Waals surface area contributed by atoms with Gasteiger partial charge in [-0.25, -0.2) is 0 Å². The van der Waals surface area contributed by atoms with E-state index < -0.39 is 0 Å². The second kappa shape index (κ2) is 7.02. The summed E-state index contributed by atoms with van der Waals surface area (Å²) in [6.07, 6.45) is 0.686. The highest BCUT2D eigenvalue weighted by Crippen LogP contribution is 2.26. The molecular formula is C15H14Br2N2O. The number of nitrogens with one attached hydrogen (secondary N) is 1. The number of hydrogen-bond donors (Lipinski definition) is 2. The molecule has 0 aromatic heterocycles. The third-order valence-corrected chi connectivity index (χ3v) is 4.00. The fourth-order valence-corrected chi connectivity index (χ4v) is 3.04. The van der Waals surface area contributed by atoms with E-state index in [2.05, 4.69) is 37.2 Å². The average molecular weight is 398 g/mol. The van der Waals surface area contributed by atoms with Crippen molar-refractivity contribution < 1.29 is 4.79 Å². The SMILES string of the molecule is NCCc1ccccc1C(=O)Nc1ccc(Br)cc1Br. The molecule has 2 aromatic rings. The maximum atomic E-state index is 12.4. The van der Waals surface area contributed by atoms with Gasteiger partial charge in [0.1, 0.15) is 0 Å². The number of amides is 1. The quantitative estimate of drug-likeness (QED) is 0.820. The van der Waals surface area contributed by atoms with Crippen LogP contribution < -0.4 is 11.1 Å². The lowest BCUT2D eigenvalue weighted by Gasteiger charge is -2.11. The van der Waals surface area contributed by atoms with Crippen molar-refractivity contribution in [3.63, 3.8) is 0 Å². The Kier molecular flexibility index (Phi) is 5.34. The van der Waals surface area contributed by atoms with Crippen LogP contribution in [0.15, 0.2) is 51.4 Å². The Morgan fingerprint density at radius 1 is 1.15 bits per heavy atom. The standard InChI is InChI=1S/C15H14Br2N2O/c16-11-5-6-14(13(17)9-11)19-15(20)12-4-2-1-3-10(12)7-8-18/h1-6,9H,7-8,18H2,(H,19,20). The van der Waals surface area contributed by atoms with Crippen LogP contribution in [0.1, 0.15) is 15.9 Å². The summed E-state index contributed by atoms with van der Waals surface area (Å²) in [5.74, 6) is -0.128. The van der Waals surface area contributed by atoms with Gasteiger partial charge in [0.15, 0.2) is 0 Å². The first-order valence-corrected chi connectivity index (χ1v) is 7.75. The summed E-state index contributed by atoms with van der Waals surface area (Å²) in [7, 11) is 0. The van der Waals surface area contributed by atoms with Crippen LogP contribution in [0, 0.1) is 0 Å². The Balaban J connectivity index is 2.24. The minimum atomic E-state index is -0.128. The molecule has 0 aliphatic carbocycles. The summed E-state index contributed by atoms with van der Waals surface area (Å²) < 4.78 is 1.78. The number of rotatable bonds is 4. The minimum absolute atomic E-state index is 0.128. The summed E-state index contributed by atoms with van der Waals surface area (Å²) >= 11 is 6.82. The molecule has 0 saturated heterocycles. The van der Waals surface area contributed by atoms with Gasteiger partial charge in [-0.2, -0.15) is 0 Å². The third-order valence-electron chi connectivity index (χ3n) is 2.85. The van der Waals surface area contributed by atoms with Crippen LogP contribution in [-0.4, -0.2) is 12.5 Å². The fraction of sp³-hybridized carbons (Fsp3) is 0.133. The van der Waals surface area contributed by atoms with Crippen LogP contribution >= 0.6 is 31.9 Å². The number of halogens is 2. The Hall–Kier alpha value is -1.17. The molecule has 2 rings (SSSR count). The van der Waals surface area contributed by atoms with E-state index in [0.717, 1.165) is 20.2 Å². The molecule has 0 radical (unpaired) electrons. The van der Waals surface area contributed by atoms with Gasteiger partial charge in [0.05, 0.1) is 5.69 Å². The molecule has 0 unspecified atom stereocenters. The minimum Gasteiger partial charge on any atom is -0.330 e. The summed E-state index contributed by atoms with van der Waals surface area (Å²) in [5, 5.41) is 2.91. The number of nitrogens with two attached hydrogens (primary N) is 1. The summed E-state index contributed by atoms with van der Waals surface area (Å²) in [6.45, 7) is 0.520. The highest BCUT2D eigenvalue weighted by atomic mass is 79.9. The smallest absolute Gasteiger partial charge is 0.255 e. The van der Waals surface area contributed by atoms with Crippen molar-refractivity contribution >= 4 is 43.5 Å². The van der Waals surface area contributed by atoms with Crippen molar-refractivity contribution in [3.05, 3.63) is 62.5 Å². The zero-order chi connectivity index (χ0) is 14.5. The molecule has 0 fully saturated rings. The topological polar surface area (TPSA) is 55.1 Å². The molecule has 1 amide bonds. The fourth-order valence-electron chi connectivity index (χ4n) is 1.90. The lowest BCUT2D eigenvalue weighted by molar-refractivity contribution is 0.102. The van der Waals surface area contributed by atoms with Gasteiger partial charge >= 0.3 is 0 Å². The van der Waals surface area contributed by atoms with Crippen LogP contribution in [0.4, 0.5) is 5.69 Å². The molecule has 0 aliphatic heterocycles. The van der Waals surface area contributed by atoms with Crippen molar-refractivity contribution in [3.8, 4) is 0 Å². The van der Waals surface area contributed by atoms with Gasteiger partial charge in [-0.05, 0) is 58.7 Å². The summed E-state index contributed by atoms with van der Waals surface area (Å²) in [4.78, 5) is 12.4. The highest BCUT2D eigenvalue weighted by molar-refractivity contribution is 9.11. The first-order valence-electron chi connectivity index (χ1n) is 6.16. The highest BCUT2D eigenvalue weighted by Gasteiger charge is 2.12. The molecule has 5 heteroatoms. The third kappa shape index (κ3) is 3.69. The van der Waals surface area contributed by atoms with Gasteiger partial charge in [0, 0.05) is 14.5 Å². The molecule has 0 saturated carbocycles. The summed E-state index contributed by atoms with van der Waals surface area (Å²) in [6, 6.07) is 13.1. The average Bonchev–Trinajstić information content (AvgIpc) is 2.43. The van der Waals surface area contributed by atoms with Gasteiger partial charge in [0.2, 0.25) is 0 Å². The van der Waals surface area contributed by atoms with Gasteiger partial charge in [-0.3, -0.25) is 4.79 Å². The van der Waals surface area contributed by atoms with Gasteiger partial charge in [0.25, 0.3) is 5.91 Å². The van der Waals surface area contributed by atoms with E-state index in [-0.39, 0.29) is 5.91 Å². The predicted molar refractivity (Wildman–Crippen MR) is 89.0 cm³/mol. The van der Waals surface area contributed by atoms with E-state index in [1.54, 1.807) is 0 Å². The van der Waals surface area contributed by atoms with Crippen molar-refractivity contribution in [1.29, 1.82) is 0 Å². The van der Waals surface area contributed by atoms with E-state index in [1.807, 2.05) is 42.5 Å². The Labute approximate surface area is 134 Å². The van der Waals surface area contributed by atoms with E-state index in [0.29, 0.717) is 18.5 Å². The molecule has 104 valence electrons. The van der Waals surface area contributed by atoms with E-state index in [4.69, 9.17) is 5.73 Å². The Morgan fingerprint density at radius 3 is 2.60 bits per heavy atom. The number of hydrogen-bond acceptors (Lipinski definition) is 2. The van der Waals surface area contributed by atoms with Crippen molar-refractivity contribution in [2.75, 3.05) is 11.9 Å². The zero-order valence-electron chi connectivity index (χ0n) is 10.7.